The van der Waals surface area contributed by atoms with Gasteiger partial charge in [0.1, 0.15) is 13.2 Å². The molecule has 0 aliphatic carbocycles. The van der Waals surface area contributed by atoms with E-state index in [1.165, 1.54) is 19.2 Å². The fourth-order valence-corrected chi connectivity index (χ4v) is 2.22. The predicted molar refractivity (Wildman–Crippen MR) is 73.8 cm³/mol. The molecular weight excluding hydrogens is 275 g/mol. The lowest BCUT2D eigenvalue weighted by Crippen LogP contribution is -2.18. The monoisotopic (exact) mass is 288 g/mol. The highest BCUT2D eigenvalue weighted by molar-refractivity contribution is 6.11. The standard InChI is InChI=1S/C16H13FO4/c1-19-13-6-5-10(9-12(13)17)15(18)11-3-2-4-14-16(11)21-8-7-20-14/h2-6,9H,7-8H2,1H3. The van der Waals surface area contributed by atoms with Gasteiger partial charge in [0, 0.05) is 5.56 Å². The van der Waals surface area contributed by atoms with Crippen LogP contribution in [0.25, 0.3) is 0 Å². The van der Waals surface area contributed by atoms with Crippen LogP contribution < -0.4 is 14.2 Å². The van der Waals surface area contributed by atoms with Crippen molar-refractivity contribution < 1.29 is 23.4 Å². The van der Waals surface area contributed by atoms with Gasteiger partial charge in [0.2, 0.25) is 0 Å². The summed E-state index contributed by atoms with van der Waals surface area (Å²) in [6, 6.07) is 9.19. The number of ether oxygens (including phenoxy) is 3. The summed E-state index contributed by atoms with van der Waals surface area (Å²) in [5, 5.41) is 0. The van der Waals surface area contributed by atoms with Gasteiger partial charge in [0.15, 0.2) is 28.8 Å². The van der Waals surface area contributed by atoms with Gasteiger partial charge in [-0.3, -0.25) is 4.79 Å². The van der Waals surface area contributed by atoms with E-state index >= 15 is 0 Å². The molecule has 1 aliphatic rings. The van der Waals surface area contributed by atoms with Gasteiger partial charge < -0.3 is 14.2 Å². The molecule has 0 fully saturated rings. The van der Waals surface area contributed by atoms with Crippen molar-refractivity contribution in [1.29, 1.82) is 0 Å². The van der Waals surface area contributed by atoms with E-state index in [2.05, 4.69) is 0 Å². The number of ketones is 1. The number of carbonyl (C=O) groups excluding carboxylic acids is 1. The third kappa shape index (κ3) is 2.42. The number of benzene rings is 2. The molecule has 1 heterocycles. The molecule has 3 rings (SSSR count). The Kier molecular flexibility index (Phi) is 3.48. The van der Waals surface area contributed by atoms with E-state index < -0.39 is 5.82 Å². The Morgan fingerprint density at radius 3 is 2.76 bits per heavy atom. The topological polar surface area (TPSA) is 44.8 Å². The first kappa shape index (κ1) is 13.4. The van der Waals surface area contributed by atoms with Crippen LogP contribution in [0.4, 0.5) is 4.39 Å². The minimum Gasteiger partial charge on any atom is -0.494 e. The second-order valence-electron chi connectivity index (χ2n) is 4.51. The van der Waals surface area contributed by atoms with E-state index in [-0.39, 0.29) is 17.1 Å². The Labute approximate surface area is 121 Å². The summed E-state index contributed by atoms with van der Waals surface area (Å²) in [6.07, 6.45) is 0. The van der Waals surface area contributed by atoms with Gasteiger partial charge in [-0.25, -0.2) is 4.39 Å². The fourth-order valence-electron chi connectivity index (χ4n) is 2.22. The fraction of sp³-hybridized carbons (Fsp3) is 0.188. The SMILES string of the molecule is COc1ccc(C(=O)c2cccc3c2OCCO3)cc1F. The van der Waals surface area contributed by atoms with Gasteiger partial charge in [-0.15, -0.1) is 0 Å². The summed E-state index contributed by atoms with van der Waals surface area (Å²) in [5.74, 6) is 0.136. The maximum atomic E-state index is 13.7. The molecule has 0 N–H and O–H groups in total. The molecule has 0 atom stereocenters. The van der Waals surface area contributed by atoms with Crippen molar-refractivity contribution in [2.45, 2.75) is 0 Å². The average Bonchev–Trinajstić information content (AvgIpc) is 2.53. The Balaban J connectivity index is 2.01. The minimum atomic E-state index is -0.578. The molecule has 0 amide bonds. The van der Waals surface area contributed by atoms with Crippen LogP contribution >= 0.6 is 0 Å². The van der Waals surface area contributed by atoms with Crippen molar-refractivity contribution in [1.82, 2.24) is 0 Å². The average molecular weight is 288 g/mol. The molecule has 1 aliphatic heterocycles. The van der Waals surface area contributed by atoms with Crippen LogP contribution in [-0.4, -0.2) is 26.1 Å². The van der Waals surface area contributed by atoms with Gasteiger partial charge in [0.25, 0.3) is 0 Å². The quantitative estimate of drug-likeness (QED) is 0.815. The normalized spacial score (nSPS) is 12.9. The Morgan fingerprint density at radius 1 is 1.19 bits per heavy atom. The molecular formula is C16H13FO4. The second kappa shape index (κ2) is 5.44. The van der Waals surface area contributed by atoms with E-state index in [0.717, 1.165) is 6.07 Å². The van der Waals surface area contributed by atoms with Crippen LogP contribution in [0.15, 0.2) is 36.4 Å². The van der Waals surface area contributed by atoms with Crippen LogP contribution in [0.1, 0.15) is 15.9 Å². The molecule has 0 bridgehead atoms. The van der Waals surface area contributed by atoms with Crippen molar-refractivity contribution in [3.05, 3.63) is 53.3 Å². The number of hydrogen-bond donors (Lipinski definition) is 0. The number of rotatable bonds is 3. The van der Waals surface area contributed by atoms with Crippen molar-refractivity contribution in [3.8, 4) is 17.2 Å². The van der Waals surface area contributed by atoms with Crippen molar-refractivity contribution in [2.75, 3.05) is 20.3 Å². The first-order valence-electron chi connectivity index (χ1n) is 6.47. The van der Waals surface area contributed by atoms with Crippen LogP contribution in [0.3, 0.4) is 0 Å². The largest absolute Gasteiger partial charge is 0.494 e. The highest BCUT2D eigenvalue weighted by Gasteiger charge is 2.22. The molecule has 2 aromatic rings. The van der Waals surface area contributed by atoms with Crippen LogP contribution in [0.5, 0.6) is 17.2 Å². The summed E-state index contributed by atoms with van der Waals surface area (Å²) in [6.45, 7) is 0.829. The van der Waals surface area contributed by atoms with Gasteiger partial charge in [-0.05, 0) is 30.3 Å². The highest BCUT2D eigenvalue weighted by atomic mass is 19.1. The molecule has 0 radical (unpaired) electrons. The molecule has 0 saturated heterocycles. The van der Waals surface area contributed by atoms with E-state index in [9.17, 15) is 9.18 Å². The Hall–Kier alpha value is -2.56. The number of hydrogen-bond acceptors (Lipinski definition) is 4. The van der Waals surface area contributed by atoms with Crippen molar-refractivity contribution in [2.24, 2.45) is 0 Å². The first-order chi connectivity index (χ1) is 10.2. The van der Waals surface area contributed by atoms with Crippen molar-refractivity contribution in [3.63, 3.8) is 0 Å². The van der Waals surface area contributed by atoms with E-state index in [4.69, 9.17) is 14.2 Å². The molecule has 0 unspecified atom stereocenters. The highest BCUT2D eigenvalue weighted by Crippen LogP contribution is 2.35. The molecule has 0 spiro atoms. The summed E-state index contributed by atoms with van der Waals surface area (Å²) < 4.78 is 29.5. The number of halogens is 1. The zero-order valence-electron chi connectivity index (χ0n) is 11.4. The molecule has 0 aromatic heterocycles. The molecule has 5 heteroatoms. The predicted octanol–water partition coefficient (Wildman–Crippen LogP) is 2.84. The second-order valence-corrected chi connectivity index (χ2v) is 4.51. The van der Waals surface area contributed by atoms with E-state index in [1.54, 1.807) is 18.2 Å². The minimum absolute atomic E-state index is 0.0984. The first-order valence-corrected chi connectivity index (χ1v) is 6.47. The van der Waals surface area contributed by atoms with E-state index in [0.29, 0.717) is 30.3 Å². The van der Waals surface area contributed by atoms with Crippen LogP contribution in [-0.2, 0) is 0 Å². The molecule has 4 nitrogen and oxygen atoms in total. The van der Waals surface area contributed by atoms with E-state index in [1.807, 2.05) is 0 Å². The third-order valence-corrected chi connectivity index (χ3v) is 3.22. The number of para-hydroxylation sites is 1. The molecule has 2 aromatic carbocycles. The Bertz CT molecular complexity index is 697. The summed E-state index contributed by atoms with van der Waals surface area (Å²) >= 11 is 0. The Morgan fingerprint density at radius 2 is 2.00 bits per heavy atom. The van der Waals surface area contributed by atoms with Crippen molar-refractivity contribution >= 4 is 5.78 Å². The third-order valence-electron chi connectivity index (χ3n) is 3.22. The summed E-state index contributed by atoms with van der Waals surface area (Å²) in [4.78, 5) is 12.5. The van der Waals surface area contributed by atoms with Gasteiger partial charge >= 0.3 is 0 Å². The summed E-state index contributed by atoms with van der Waals surface area (Å²) in [7, 11) is 1.37. The van der Waals surface area contributed by atoms with Gasteiger partial charge in [0.05, 0.1) is 12.7 Å². The maximum absolute atomic E-state index is 13.7. The lowest BCUT2D eigenvalue weighted by Gasteiger charge is -2.20. The maximum Gasteiger partial charge on any atom is 0.197 e. The number of carbonyl (C=O) groups is 1. The smallest absolute Gasteiger partial charge is 0.197 e. The zero-order valence-corrected chi connectivity index (χ0v) is 11.4. The van der Waals surface area contributed by atoms with Crippen LogP contribution in [0, 0.1) is 5.82 Å². The molecule has 0 saturated carbocycles. The summed E-state index contributed by atoms with van der Waals surface area (Å²) in [5.41, 5.74) is 0.590. The number of methoxy groups -OCH3 is 1. The van der Waals surface area contributed by atoms with Gasteiger partial charge in [-0.2, -0.15) is 0 Å². The van der Waals surface area contributed by atoms with Gasteiger partial charge in [-0.1, -0.05) is 6.07 Å². The number of fused-ring (bicyclic) bond motifs is 1. The zero-order chi connectivity index (χ0) is 14.8. The molecule has 108 valence electrons. The molecule has 21 heavy (non-hydrogen) atoms. The lowest BCUT2D eigenvalue weighted by molar-refractivity contribution is 0.102. The lowest BCUT2D eigenvalue weighted by atomic mass is 10.0. The van der Waals surface area contributed by atoms with Crippen LogP contribution in [0.2, 0.25) is 0 Å².